The molecule has 0 radical (unpaired) electrons. The van der Waals surface area contributed by atoms with Crippen molar-refractivity contribution in [2.45, 2.75) is 38.4 Å². The van der Waals surface area contributed by atoms with Gasteiger partial charge < -0.3 is 10.6 Å². The fraction of sp³-hybridized carbons (Fsp3) is 0.533. The van der Waals surface area contributed by atoms with Crippen LogP contribution in [0.15, 0.2) is 18.2 Å². The summed E-state index contributed by atoms with van der Waals surface area (Å²) in [6.07, 6.45) is -3.82. The van der Waals surface area contributed by atoms with Crippen molar-refractivity contribution in [3.63, 3.8) is 0 Å². The van der Waals surface area contributed by atoms with Gasteiger partial charge in [0.05, 0.1) is 5.54 Å². The maximum absolute atomic E-state index is 12.6. The molecule has 2 N–H and O–H groups in total. The smallest absolute Gasteiger partial charge is 0.333 e. The van der Waals surface area contributed by atoms with Crippen molar-refractivity contribution >= 4 is 5.91 Å². The number of alkyl halides is 3. The first-order chi connectivity index (χ1) is 9.62. The molecule has 0 aromatic heterocycles. The van der Waals surface area contributed by atoms with Crippen molar-refractivity contribution in [1.82, 2.24) is 4.90 Å². The standard InChI is InChI=1S/C15H19F3N2O/c1-10-6-11(2)8-12(7-10)14(19)4-3-5-20(9-14)13(21)15(16,17)18/h6-8H,3-5,9,19H2,1-2H3. The number of carbonyl (C=O) groups is 1. The Balaban J connectivity index is 2.28. The van der Waals surface area contributed by atoms with Gasteiger partial charge in [0.15, 0.2) is 0 Å². The van der Waals surface area contributed by atoms with E-state index in [4.69, 9.17) is 5.73 Å². The summed E-state index contributed by atoms with van der Waals surface area (Å²) in [5, 5.41) is 0. The van der Waals surface area contributed by atoms with Gasteiger partial charge in [0, 0.05) is 13.1 Å². The highest BCUT2D eigenvalue weighted by molar-refractivity contribution is 5.82. The number of amides is 1. The number of aryl methyl sites for hydroxylation is 2. The number of benzene rings is 1. The van der Waals surface area contributed by atoms with Crippen LogP contribution in [-0.4, -0.2) is 30.1 Å². The van der Waals surface area contributed by atoms with E-state index in [1.54, 1.807) is 0 Å². The third-order valence-electron chi connectivity index (χ3n) is 3.85. The molecular formula is C15H19F3N2O. The molecule has 0 saturated carbocycles. The molecule has 0 spiro atoms. The van der Waals surface area contributed by atoms with Gasteiger partial charge in [-0.3, -0.25) is 4.79 Å². The highest BCUT2D eigenvalue weighted by Gasteiger charge is 2.46. The molecule has 3 nitrogen and oxygen atoms in total. The zero-order valence-electron chi connectivity index (χ0n) is 12.1. The zero-order valence-corrected chi connectivity index (χ0v) is 12.1. The van der Waals surface area contributed by atoms with E-state index < -0.39 is 17.6 Å². The van der Waals surface area contributed by atoms with Crippen molar-refractivity contribution in [3.8, 4) is 0 Å². The van der Waals surface area contributed by atoms with Gasteiger partial charge >= 0.3 is 12.1 Å². The lowest BCUT2D eigenvalue weighted by Gasteiger charge is -2.41. The SMILES string of the molecule is Cc1cc(C)cc(C2(N)CCCN(C(=O)C(F)(F)F)C2)c1. The first kappa shape index (κ1) is 15.8. The van der Waals surface area contributed by atoms with Crippen LogP contribution in [0, 0.1) is 13.8 Å². The number of carbonyl (C=O) groups excluding carboxylic acids is 1. The van der Waals surface area contributed by atoms with E-state index in [1.165, 1.54) is 0 Å². The Bertz CT molecular complexity index is 536. The Labute approximate surface area is 121 Å². The second kappa shape index (κ2) is 5.33. The molecule has 1 aromatic rings. The fourth-order valence-corrected chi connectivity index (χ4v) is 2.93. The summed E-state index contributed by atoms with van der Waals surface area (Å²) in [5.41, 5.74) is 8.22. The molecule has 0 bridgehead atoms. The summed E-state index contributed by atoms with van der Waals surface area (Å²) >= 11 is 0. The number of likely N-dealkylation sites (tertiary alicyclic amines) is 1. The number of piperidine rings is 1. The zero-order chi connectivity index (χ0) is 15.8. The van der Waals surface area contributed by atoms with E-state index in [0.717, 1.165) is 21.6 Å². The Morgan fingerprint density at radius 3 is 2.33 bits per heavy atom. The number of rotatable bonds is 1. The molecule has 0 aliphatic carbocycles. The van der Waals surface area contributed by atoms with E-state index in [2.05, 4.69) is 0 Å². The third kappa shape index (κ3) is 3.37. The van der Waals surface area contributed by atoms with Gasteiger partial charge in [0.2, 0.25) is 0 Å². The van der Waals surface area contributed by atoms with Gasteiger partial charge in [0.25, 0.3) is 0 Å². The minimum absolute atomic E-state index is 0.0993. The van der Waals surface area contributed by atoms with Crippen LogP contribution < -0.4 is 5.73 Å². The molecule has 6 heteroatoms. The lowest BCUT2D eigenvalue weighted by molar-refractivity contribution is -0.187. The van der Waals surface area contributed by atoms with Crippen LogP contribution in [-0.2, 0) is 10.3 Å². The van der Waals surface area contributed by atoms with Gasteiger partial charge in [-0.2, -0.15) is 13.2 Å². The van der Waals surface area contributed by atoms with Crippen LogP contribution in [0.4, 0.5) is 13.2 Å². The van der Waals surface area contributed by atoms with E-state index in [0.29, 0.717) is 12.8 Å². The molecule has 116 valence electrons. The molecule has 1 aliphatic heterocycles. The molecule has 1 aromatic carbocycles. The first-order valence-corrected chi connectivity index (χ1v) is 6.85. The second-order valence-electron chi connectivity index (χ2n) is 5.86. The van der Waals surface area contributed by atoms with Crippen LogP contribution in [0.2, 0.25) is 0 Å². The quantitative estimate of drug-likeness (QED) is 0.866. The average molecular weight is 300 g/mol. The molecule has 1 heterocycles. The largest absolute Gasteiger partial charge is 0.471 e. The van der Waals surface area contributed by atoms with Crippen LogP contribution in [0.5, 0.6) is 0 Å². The van der Waals surface area contributed by atoms with Crippen molar-refractivity contribution in [2.75, 3.05) is 13.1 Å². The first-order valence-electron chi connectivity index (χ1n) is 6.85. The Morgan fingerprint density at radius 1 is 1.24 bits per heavy atom. The third-order valence-corrected chi connectivity index (χ3v) is 3.85. The molecule has 2 rings (SSSR count). The minimum Gasteiger partial charge on any atom is -0.333 e. The lowest BCUT2D eigenvalue weighted by Crippen LogP contribution is -2.56. The van der Waals surface area contributed by atoms with Gasteiger partial charge in [-0.1, -0.05) is 29.3 Å². The van der Waals surface area contributed by atoms with Crippen LogP contribution in [0.3, 0.4) is 0 Å². The number of nitrogens with two attached hydrogens (primary N) is 1. The van der Waals surface area contributed by atoms with Gasteiger partial charge in [0.1, 0.15) is 0 Å². The number of halogens is 3. The molecule has 1 unspecified atom stereocenters. The van der Waals surface area contributed by atoms with E-state index >= 15 is 0 Å². The summed E-state index contributed by atoms with van der Waals surface area (Å²) in [6.45, 7) is 3.83. The Kier molecular flexibility index (Phi) is 4.02. The summed E-state index contributed by atoms with van der Waals surface area (Å²) in [6, 6.07) is 5.75. The fourth-order valence-electron chi connectivity index (χ4n) is 2.93. The summed E-state index contributed by atoms with van der Waals surface area (Å²) < 4.78 is 37.8. The van der Waals surface area contributed by atoms with Crippen molar-refractivity contribution in [1.29, 1.82) is 0 Å². The maximum Gasteiger partial charge on any atom is 0.471 e. The Hall–Kier alpha value is -1.56. The Morgan fingerprint density at radius 2 is 1.81 bits per heavy atom. The highest BCUT2D eigenvalue weighted by atomic mass is 19.4. The van der Waals surface area contributed by atoms with Gasteiger partial charge in [-0.05, 0) is 32.3 Å². The molecule has 1 amide bonds. The maximum atomic E-state index is 12.6. The molecule has 1 atom stereocenters. The van der Waals surface area contributed by atoms with E-state index in [-0.39, 0.29) is 13.1 Å². The van der Waals surface area contributed by atoms with Crippen molar-refractivity contribution in [3.05, 3.63) is 34.9 Å². The van der Waals surface area contributed by atoms with Crippen molar-refractivity contribution < 1.29 is 18.0 Å². The normalized spacial score (nSPS) is 23.2. The summed E-state index contributed by atoms with van der Waals surface area (Å²) in [5.74, 6) is -1.80. The molecule has 1 fully saturated rings. The van der Waals surface area contributed by atoms with E-state index in [1.807, 2.05) is 32.0 Å². The lowest BCUT2D eigenvalue weighted by atomic mass is 9.82. The number of hydrogen-bond donors (Lipinski definition) is 1. The minimum atomic E-state index is -4.85. The molecule has 1 saturated heterocycles. The highest BCUT2D eigenvalue weighted by Crippen LogP contribution is 2.32. The molecule has 1 aliphatic rings. The van der Waals surface area contributed by atoms with Gasteiger partial charge in [-0.15, -0.1) is 0 Å². The van der Waals surface area contributed by atoms with Crippen LogP contribution in [0.1, 0.15) is 29.5 Å². The predicted molar refractivity (Wildman–Crippen MR) is 73.7 cm³/mol. The number of nitrogens with zero attached hydrogens (tertiary/aromatic N) is 1. The van der Waals surface area contributed by atoms with Gasteiger partial charge in [-0.25, -0.2) is 0 Å². The number of hydrogen-bond acceptors (Lipinski definition) is 2. The molecular weight excluding hydrogens is 281 g/mol. The van der Waals surface area contributed by atoms with Crippen LogP contribution >= 0.6 is 0 Å². The average Bonchev–Trinajstić information content (AvgIpc) is 2.35. The summed E-state index contributed by atoms with van der Waals surface area (Å²) in [4.78, 5) is 12.2. The summed E-state index contributed by atoms with van der Waals surface area (Å²) in [7, 11) is 0. The molecule has 21 heavy (non-hydrogen) atoms. The van der Waals surface area contributed by atoms with Crippen LogP contribution in [0.25, 0.3) is 0 Å². The van der Waals surface area contributed by atoms with Crippen molar-refractivity contribution in [2.24, 2.45) is 5.73 Å². The monoisotopic (exact) mass is 300 g/mol. The topological polar surface area (TPSA) is 46.3 Å². The predicted octanol–water partition coefficient (Wildman–Crippen LogP) is 2.64. The second-order valence-corrected chi connectivity index (χ2v) is 5.86. The van der Waals surface area contributed by atoms with E-state index in [9.17, 15) is 18.0 Å².